The lowest BCUT2D eigenvalue weighted by Gasteiger charge is -2.12. The molecular weight excluding hydrogens is 252 g/mol. The van der Waals surface area contributed by atoms with Crippen molar-refractivity contribution in [3.8, 4) is 0 Å². The van der Waals surface area contributed by atoms with Crippen LogP contribution in [0, 0.1) is 13.8 Å². The van der Waals surface area contributed by atoms with E-state index in [4.69, 9.17) is 4.74 Å². The minimum Gasteiger partial charge on any atom is -0.377 e. The zero-order valence-electron chi connectivity index (χ0n) is 12.3. The lowest BCUT2D eigenvalue weighted by Crippen LogP contribution is -2.05. The molecule has 0 aliphatic heterocycles. The van der Waals surface area contributed by atoms with Crippen LogP contribution in [0.2, 0.25) is 0 Å². The number of benzene rings is 1. The second-order valence-electron chi connectivity index (χ2n) is 4.68. The van der Waals surface area contributed by atoms with Gasteiger partial charge in [0.05, 0.1) is 0 Å². The average molecular weight is 272 g/mol. The maximum absolute atomic E-state index is 5.09. The normalized spacial score (nSPS) is 10.4. The number of anilines is 3. The highest BCUT2D eigenvalue weighted by Gasteiger charge is 2.05. The van der Waals surface area contributed by atoms with Crippen molar-refractivity contribution >= 4 is 17.3 Å². The first-order chi connectivity index (χ1) is 9.62. The van der Waals surface area contributed by atoms with Crippen LogP contribution in [-0.2, 0) is 11.3 Å². The van der Waals surface area contributed by atoms with Gasteiger partial charge >= 0.3 is 0 Å². The summed E-state index contributed by atoms with van der Waals surface area (Å²) in [5.41, 5.74) is 3.47. The van der Waals surface area contributed by atoms with Crippen molar-refractivity contribution in [3.05, 3.63) is 41.2 Å². The lowest BCUT2D eigenvalue weighted by atomic mass is 10.1. The molecule has 0 saturated carbocycles. The Hall–Kier alpha value is -2.14. The Bertz CT molecular complexity index is 598. The van der Waals surface area contributed by atoms with E-state index >= 15 is 0 Å². The van der Waals surface area contributed by atoms with Crippen LogP contribution in [0.15, 0.2) is 24.3 Å². The van der Waals surface area contributed by atoms with Crippen LogP contribution in [0.5, 0.6) is 0 Å². The average Bonchev–Trinajstić information content (AvgIpc) is 2.42. The predicted octanol–water partition coefficient (Wildman–Crippen LogP) is 3.03. The smallest absolute Gasteiger partial charge is 0.158 e. The Morgan fingerprint density at radius 2 is 1.85 bits per heavy atom. The van der Waals surface area contributed by atoms with Gasteiger partial charge in [-0.1, -0.05) is 17.7 Å². The highest BCUT2D eigenvalue weighted by atomic mass is 16.5. The van der Waals surface area contributed by atoms with E-state index < -0.39 is 0 Å². The maximum atomic E-state index is 5.09. The molecule has 0 unspecified atom stereocenters. The summed E-state index contributed by atoms with van der Waals surface area (Å²) in [5.74, 6) is 2.16. The summed E-state index contributed by atoms with van der Waals surface area (Å²) in [6.45, 7) is 4.54. The first kappa shape index (κ1) is 14.3. The van der Waals surface area contributed by atoms with Crippen LogP contribution in [0.3, 0.4) is 0 Å². The van der Waals surface area contributed by atoms with E-state index in [1.165, 1.54) is 11.1 Å². The third-order valence-corrected chi connectivity index (χ3v) is 2.95. The molecule has 0 radical (unpaired) electrons. The number of nitrogens with zero attached hydrogens (tertiary/aromatic N) is 2. The van der Waals surface area contributed by atoms with Gasteiger partial charge in [-0.05, 0) is 25.5 Å². The monoisotopic (exact) mass is 272 g/mol. The summed E-state index contributed by atoms with van der Waals surface area (Å²) in [5, 5.41) is 6.36. The summed E-state index contributed by atoms with van der Waals surface area (Å²) >= 11 is 0. The maximum Gasteiger partial charge on any atom is 0.158 e. The van der Waals surface area contributed by atoms with Gasteiger partial charge in [0.25, 0.3) is 0 Å². The lowest BCUT2D eigenvalue weighted by molar-refractivity contribution is 0.178. The van der Waals surface area contributed by atoms with Crippen molar-refractivity contribution in [2.45, 2.75) is 20.5 Å². The van der Waals surface area contributed by atoms with E-state index in [0.29, 0.717) is 12.4 Å². The molecule has 5 nitrogen and oxygen atoms in total. The minimum atomic E-state index is 0.386. The van der Waals surface area contributed by atoms with Crippen molar-refractivity contribution < 1.29 is 4.74 Å². The van der Waals surface area contributed by atoms with Gasteiger partial charge in [-0.25, -0.2) is 9.97 Å². The van der Waals surface area contributed by atoms with Crippen molar-refractivity contribution in [2.75, 3.05) is 24.8 Å². The molecule has 2 rings (SSSR count). The van der Waals surface area contributed by atoms with E-state index in [-0.39, 0.29) is 0 Å². The predicted molar refractivity (Wildman–Crippen MR) is 81.5 cm³/mol. The molecule has 0 amide bonds. The number of rotatable bonds is 5. The summed E-state index contributed by atoms with van der Waals surface area (Å²) in [4.78, 5) is 8.78. The number of aryl methyl sites for hydroxylation is 2. The molecule has 0 atom stereocenters. The van der Waals surface area contributed by atoms with Gasteiger partial charge < -0.3 is 15.4 Å². The first-order valence-electron chi connectivity index (χ1n) is 6.51. The largest absolute Gasteiger partial charge is 0.377 e. The molecule has 1 aromatic carbocycles. The van der Waals surface area contributed by atoms with E-state index in [1.54, 1.807) is 7.11 Å². The fourth-order valence-corrected chi connectivity index (χ4v) is 1.97. The second-order valence-corrected chi connectivity index (χ2v) is 4.68. The Balaban J connectivity index is 2.29. The number of methoxy groups -OCH3 is 1. The van der Waals surface area contributed by atoms with Crippen LogP contribution < -0.4 is 10.6 Å². The van der Waals surface area contributed by atoms with Crippen molar-refractivity contribution in [3.63, 3.8) is 0 Å². The number of ether oxygens (including phenoxy) is 1. The van der Waals surface area contributed by atoms with E-state index in [9.17, 15) is 0 Å². The first-order valence-corrected chi connectivity index (χ1v) is 6.51. The van der Waals surface area contributed by atoms with Gasteiger partial charge in [-0.15, -0.1) is 0 Å². The summed E-state index contributed by atoms with van der Waals surface area (Å²) < 4.78 is 5.09. The third-order valence-electron chi connectivity index (χ3n) is 2.95. The van der Waals surface area contributed by atoms with E-state index in [1.807, 2.05) is 13.1 Å². The molecule has 106 valence electrons. The van der Waals surface area contributed by atoms with Crippen molar-refractivity contribution in [1.29, 1.82) is 0 Å². The molecular formula is C15H20N4O. The van der Waals surface area contributed by atoms with Gasteiger partial charge in [0.2, 0.25) is 0 Å². The van der Waals surface area contributed by atoms with Crippen LogP contribution >= 0.6 is 0 Å². The number of hydrogen-bond donors (Lipinski definition) is 2. The molecule has 2 aromatic rings. The molecule has 0 spiro atoms. The van der Waals surface area contributed by atoms with Crippen LogP contribution in [0.25, 0.3) is 0 Å². The summed E-state index contributed by atoms with van der Waals surface area (Å²) in [6, 6.07) is 8.14. The number of nitrogens with one attached hydrogen (secondary N) is 2. The molecule has 0 fully saturated rings. The van der Waals surface area contributed by atoms with Gasteiger partial charge in [0.15, 0.2) is 5.82 Å². The standard InChI is InChI=1S/C15H20N4O/c1-10-5-6-12(11(2)7-10)17-14-8-13(16-3)18-15(19-14)9-20-4/h5-8H,9H2,1-4H3,(H2,16,17,18,19). The van der Waals surface area contributed by atoms with Crippen LogP contribution in [0.4, 0.5) is 17.3 Å². The van der Waals surface area contributed by atoms with Crippen LogP contribution in [0.1, 0.15) is 17.0 Å². The minimum absolute atomic E-state index is 0.386. The number of aromatic nitrogens is 2. The van der Waals surface area contributed by atoms with Gasteiger partial charge in [-0.3, -0.25) is 0 Å². The van der Waals surface area contributed by atoms with E-state index in [0.717, 1.165) is 17.3 Å². The molecule has 0 aliphatic rings. The van der Waals surface area contributed by atoms with Crippen molar-refractivity contribution in [2.24, 2.45) is 0 Å². The van der Waals surface area contributed by atoms with Gasteiger partial charge in [-0.2, -0.15) is 0 Å². The topological polar surface area (TPSA) is 59.1 Å². The molecule has 0 aliphatic carbocycles. The molecule has 2 N–H and O–H groups in total. The van der Waals surface area contributed by atoms with E-state index in [2.05, 4.69) is 52.6 Å². The van der Waals surface area contributed by atoms with Gasteiger partial charge in [0, 0.05) is 25.9 Å². The summed E-state index contributed by atoms with van der Waals surface area (Å²) in [7, 11) is 3.46. The Labute approximate surface area is 119 Å². The Morgan fingerprint density at radius 1 is 1.10 bits per heavy atom. The van der Waals surface area contributed by atoms with Crippen molar-refractivity contribution in [1.82, 2.24) is 9.97 Å². The molecule has 0 saturated heterocycles. The highest BCUT2D eigenvalue weighted by molar-refractivity contribution is 5.62. The third kappa shape index (κ3) is 3.45. The molecule has 1 aromatic heterocycles. The fourth-order valence-electron chi connectivity index (χ4n) is 1.97. The highest BCUT2D eigenvalue weighted by Crippen LogP contribution is 2.21. The fraction of sp³-hybridized carbons (Fsp3) is 0.333. The SMILES string of the molecule is CNc1cc(Nc2ccc(C)cc2C)nc(COC)n1. The Morgan fingerprint density at radius 3 is 2.50 bits per heavy atom. The molecule has 20 heavy (non-hydrogen) atoms. The molecule has 0 bridgehead atoms. The second kappa shape index (κ2) is 6.34. The van der Waals surface area contributed by atoms with Crippen LogP contribution in [-0.4, -0.2) is 24.1 Å². The zero-order chi connectivity index (χ0) is 14.5. The van der Waals surface area contributed by atoms with Gasteiger partial charge in [0.1, 0.15) is 18.2 Å². The summed E-state index contributed by atoms with van der Waals surface area (Å²) in [6.07, 6.45) is 0. The zero-order valence-corrected chi connectivity index (χ0v) is 12.3. The number of hydrogen-bond acceptors (Lipinski definition) is 5. The quantitative estimate of drug-likeness (QED) is 0.876. The Kier molecular flexibility index (Phi) is 4.53. The molecule has 1 heterocycles. The molecule has 5 heteroatoms.